The fraction of sp³-hybridized carbons (Fsp3) is 0.269. The van der Waals surface area contributed by atoms with Crippen LogP contribution in [0, 0.1) is 5.92 Å². The van der Waals surface area contributed by atoms with E-state index >= 15 is 0 Å². The van der Waals surface area contributed by atoms with Gasteiger partial charge in [0.05, 0.1) is 0 Å². The van der Waals surface area contributed by atoms with E-state index in [1.54, 1.807) is 24.3 Å². The minimum Gasteiger partial charge on any atom is -0.467 e. The molecule has 3 aromatic rings. The van der Waals surface area contributed by atoms with Crippen molar-refractivity contribution >= 4 is 17.8 Å². The largest absolute Gasteiger partial charge is 0.467 e. The molecule has 2 fully saturated rings. The van der Waals surface area contributed by atoms with Crippen LogP contribution in [0.5, 0.6) is 17.2 Å². The molecule has 8 heteroatoms. The van der Waals surface area contributed by atoms with Crippen LogP contribution >= 0.6 is 0 Å². The van der Waals surface area contributed by atoms with E-state index in [9.17, 15) is 14.4 Å². The highest BCUT2D eigenvalue weighted by atomic mass is 16.5. The maximum Gasteiger partial charge on any atom is 0.328 e. The lowest BCUT2D eigenvalue weighted by atomic mass is 9.75. The number of barbiturate groups is 1. The Bertz CT molecular complexity index is 1160. The molecule has 1 aromatic heterocycles. The van der Waals surface area contributed by atoms with Crippen LogP contribution in [0.4, 0.5) is 4.79 Å². The summed E-state index contributed by atoms with van der Waals surface area (Å²) in [7, 11) is 0. The van der Waals surface area contributed by atoms with Crippen LogP contribution in [-0.2, 0) is 9.59 Å². The highest BCUT2D eigenvalue weighted by Crippen LogP contribution is 2.38. The molecular weight excluding hydrogens is 434 g/mol. The maximum absolute atomic E-state index is 12.9. The van der Waals surface area contributed by atoms with Crippen molar-refractivity contribution in [1.82, 2.24) is 15.2 Å². The van der Waals surface area contributed by atoms with Gasteiger partial charge in [0.1, 0.15) is 17.2 Å². The third-order valence-corrected chi connectivity index (χ3v) is 6.39. The highest BCUT2D eigenvalue weighted by Gasteiger charge is 2.58. The van der Waals surface area contributed by atoms with Crippen LogP contribution in [0.2, 0.25) is 0 Å². The first kappa shape index (κ1) is 21.8. The average molecular weight is 460 g/mol. The SMILES string of the molecule is O=C1NC(=O)C(Oc2ccc(Oc3ccc(-n4cccc4)cc3)cc2)(C2CCCCC2)C(=O)N1. The Labute approximate surface area is 196 Å². The second kappa shape index (κ2) is 9.05. The Balaban J connectivity index is 1.33. The number of imide groups is 2. The summed E-state index contributed by atoms with van der Waals surface area (Å²) in [5, 5.41) is 4.43. The number of aromatic nitrogens is 1. The van der Waals surface area contributed by atoms with Gasteiger partial charge in [-0.1, -0.05) is 19.3 Å². The molecule has 5 rings (SSSR count). The van der Waals surface area contributed by atoms with E-state index in [1.165, 1.54) is 0 Å². The normalized spacial score (nSPS) is 18.2. The maximum atomic E-state index is 12.9. The van der Waals surface area contributed by atoms with Gasteiger partial charge in [-0.15, -0.1) is 0 Å². The zero-order valence-electron chi connectivity index (χ0n) is 18.5. The third kappa shape index (κ3) is 4.14. The van der Waals surface area contributed by atoms with Crippen molar-refractivity contribution in [2.75, 3.05) is 0 Å². The summed E-state index contributed by atoms with van der Waals surface area (Å²) in [6.07, 6.45) is 8.15. The van der Waals surface area contributed by atoms with Gasteiger partial charge >= 0.3 is 6.03 Å². The molecule has 2 aromatic carbocycles. The second-order valence-electron chi connectivity index (χ2n) is 8.57. The van der Waals surface area contributed by atoms with E-state index in [0.29, 0.717) is 30.1 Å². The molecular formula is C26H25N3O5. The summed E-state index contributed by atoms with van der Waals surface area (Å²) in [4.78, 5) is 37.5. The third-order valence-electron chi connectivity index (χ3n) is 6.39. The van der Waals surface area contributed by atoms with Crippen LogP contribution < -0.4 is 20.1 Å². The van der Waals surface area contributed by atoms with E-state index in [1.807, 2.05) is 53.4 Å². The lowest BCUT2D eigenvalue weighted by molar-refractivity contribution is -0.158. The molecule has 34 heavy (non-hydrogen) atoms. The van der Waals surface area contributed by atoms with E-state index in [2.05, 4.69) is 10.6 Å². The summed E-state index contributed by atoms with van der Waals surface area (Å²) in [6, 6.07) is 17.5. The van der Waals surface area contributed by atoms with Crippen LogP contribution in [0.25, 0.3) is 5.69 Å². The molecule has 4 amide bonds. The molecule has 0 unspecified atom stereocenters. The number of rotatable bonds is 6. The average Bonchev–Trinajstić information content (AvgIpc) is 3.39. The van der Waals surface area contributed by atoms with Gasteiger partial charge < -0.3 is 14.0 Å². The Kier molecular flexibility index (Phi) is 5.79. The molecule has 0 atom stereocenters. The Morgan fingerprint density at radius 1 is 0.735 bits per heavy atom. The fourth-order valence-electron chi connectivity index (χ4n) is 4.67. The minimum absolute atomic E-state index is 0.316. The van der Waals surface area contributed by atoms with Crippen molar-refractivity contribution in [3.05, 3.63) is 73.1 Å². The lowest BCUT2D eigenvalue weighted by Gasteiger charge is -2.41. The number of nitrogens with zero attached hydrogens (tertiary/aromatic N) is 1. The predicted octanol–water partition coefficient (Wildman–Crippen LogP) is 4.33. The molecule has 1 aliphatic heterocycles. The van der Waals surface area contributed by atoms with Crippen molar-refractivity contribution in [2.24, 2.45) is 5.92 Å². The van der Waals surface area contributed by atoms with Gasteiger partial charge in [-0.05, 0) is 73.5 Å². The van der Waals surface area contributed by atoms with Gasteiger partial charge in [0.2, 0.25) is 0 Å². The number of hydrogen-bond acceptors (Lipinski definition) is 5. The van der Waals surface area contributed by atoms with Crippen molar-refractivity contribution < 1.29 is 23.9 Å². The van der Waals surface area contributed by atoms with E-state index in [4.69, 9.17) is 9.47 Å². The van der Waals surface area contributed by atoms with Crippen molar-refractivity contribution in [2.45, 2.75) is 37.7 Å². The number of urea groups is 1. The second-order valence-corrected chi connectivity index (χ2v) is 8.57. The molecule has 0 radical (unpaired) electrons. The fourth-order valence-corrected chi connectivity index (χ4v) is 4.67. The summed E-state index contributed by atoms with van der Waals surface area (Å²) in [5.41, 5.74) is -0.748. The number of amides is 4. The lowest BCUT2D eigenvalue weighted by Crippen LogP contribution is -2.72. The number of benzene rings is 2. The highest BCUT2D eigenvalue weighted by molar-refractivity contribution is 6.22. The summed E-state index contributed by atoms with van der Waals surface area (Å²) in [6.45, 7) is 0. The van der Waals surface area contributed by atoms with Crippen molar-refractivity contribution in [1.29, 1.82) is 0 Å². The molecule has 1 saturated carbocycles. The standard InChI is InChI=1S/C26H25N3O5/c30-23-26(18-6-2-1-3-7-18,24(31)28-25(32)27-23)34-22-14-12-21(13-15-22)33-20-10-8-19(9-11-20)29-16-4-5-17-29/h4-5,8-18H,1-3,6-7H2,(H2,27,28,30,31,32). The first-order valence-corrected chi connectivity index (χ1v) is 11.4. The van der Waals surface area contributed by atoms with E-state index < -0.39 is 23.4 Å². The minimum atomic E-state index is -1.77. The van der Waals surface area contributed by atoms with E-state index in [-0.39, 0.29) is 5.92 Å². The van der Waals surface area contributed by atoms with Gasteiger partial charge in [0, 0.05) is 24.0 Å². The Hall–Kier alpha value is -4.07. The Morgan fingerprint density at radius 2 is 1.26 bits per heavy atom. The first-order valence-electron chi connectivity index (χ1n) is 11.4. The topological polar surface area (TPSA) is 98.7 Å². The van der Waals surface area contributed by atoms with Gasteiger partial charge in [-0.3, -0.25) is 20.2 Å². The number of hydrogen-bond donors (Lipinski definition) is 2. The van der Waals surface area contributed by atoms with Crippen molar-refractivity contribution in [3.63, 3.8) is 0 Å². The summed E-state index contributed by atoms with van der Waals surface area (Å²) >= 11 is 0. The number of carbonyl (C=O) groups is 3. The molecule has 0 spiro atoms. The van der Waals surface area contributed by atoms with Crippen LogP contribution in [0.3, 0.4) is 0 Å². The summed E-state index contributed by atoms with van der Waals surface area (Å²) in [5.74, 6) is -0.134. The molecule has 2 aliphatic rings. The van der Waals surface area contributed by atoms with Gasteiger partial charge in [0.15, 0.2) is 0 Å². The zero-order chi connectivity index (χ0) is 23.5. The van der Waals surface area contributed by atoms with Crippen LogP contribution in [0.15, 0.2) is 73.1 Å². The van der Waals surface area contributed by atoms with Gasteiger partial charge in [0.25, 0.3) is 17.4 Å². The Morgan fingerprint density at radius 3 is 1.85 bits per heavy atom. The first-order chi connectivity index (χ1) is 16.5. The number of carbonyl (C=O) groups excluding carboxylic acids is 3. The predicted molar refractivity (Wildman–Crippen MR) is 124 cm³/mol. The quantitative estimate of drug-likeness (QED) is 0.535. The summed E-state index contributed by atoms with van der Waals surface area (Å²) < 4.78 is 14.0. The molecule has 1 saturated heterocycles. The van der Waals surface area contributed by atoms with Crippen LogP contribution in [0.1, 0.15) is 32.1 Å². The van der Waals surface area contributed by atoms with Crippen LogP contribution in [-0.4, -0.2) is 28.0 Å². The monoisotopic (exact) mass is 459 g/mol. The molecule has 8 nitrogen and oxygen atoms in total. The zero-order valence-corrected chi connectivity index (χ0v) is 18.5. The molecule has 0 bridgehead atoms. The molecule has 174 valence electrons. The number of nitrogens with one attached hydrogen (secondary N) is 2. The number of ether oxygens (including phenoxy) is 2. The smallest absolute Gasteiger partial charge is 0.328 e. The van der Waals surface area contributed by atoms with Gasteiger partial charge in [-0.25, -0.2) is 4.79 Å². The molecule has 1 aliphatic carbocycles. The van der Waals surface area contributed by atoms with E-state index in [0.717, 1.165) is 24.9 Å². The molecule has 2 N–H and O–H groups in total. The van der Waals surface area contributed by atoms with Crippen molar-refractivity contribution in [3.8, 4) is 22.9 Å². The molecule has 2 heterocycles. The van der Waals surface area contributed by atoms with Gasteiger partial charge in [-0.2, -0.15) is 0 Å².